The molecule has 0 amide bonds. The topological polar surface area (TPSA) is 112 Å². The standard InChI is InChI=1S/2C9H14OS3.C5H10OS2.C5H8OS2.C5H10S3.C3H4Cl2O.C2H6S2.CH3O.CH4.Na/c2*1-7(2)9(10)13-8-5-11-3-4-12-6-8;3*6-5-3-7-1-2-8-4-5;4-1-3(6)2-5;3-1-2-4;1-2;;/h2*8H,1,3-6H2,2H3;5-6H,1-4H2;1-4H2;5-6H,1-4H2;1-2H2;3-4H,1-2H2;1H3;1H4;/q;;;;;;;-1;;+1. The summed E-state index contributed by atoms with van der Waals surface area (Å²) in [5.41, 5.74) is 1.34. The number of rotatable bonds is 7. The third-order valence-electron chi connectivity index (χ3n) is 6.48. The summed E-state index contributed by atoms with van der Waals surface area (Å²) in [6.45, 7) is 10.9. The van der Waals surface area contributed by atoms with Crippen LogP contribution in [0.15, 0.2) is 24.3 Å². The zero-order valence-corrected chi connectivity index (χ0v) is 53.2. The smallest absolute Gasteiger partial charge is 0.857 e. The number of carbonyl (C=O) groups excluding carboxylic acids is 4. The van der Waals surface area contributed by atoms with E-state index in [2.05, 4.69) is 51.0 Å². The van der Waals surface area contributed by atoms with Crippen LogP contribution in [0.25, 0.3) is 0 Å². The van der Waals surface area contributed by atoms with Crippen molar-refractivity contribution in [2.75, 3.05) is 145 Å². The summed E-state index contributed by atoms with van der Waals surface area (Å²) in [6.07, 6.45) is -0.0486. The van der Waals surface area contributed by atoms with Crippen molar-refractivity contribution in [1.29, 1.82) is 0 Å². The van der Waals surface area contributed by atoms with E-state index in [1.165, 1.54) is 81.1 Å². The van der Waals surface area contributed by atoms with E-state index in [1.54, 1.807) is 37.4 Å². The molecule has 0 unspecified atom stereocenters. The van der Waals surface area contributed by atoms with Crippen LogP contribution in [-0.4, -0.2) is 194 Å². The molecule has 64 heavy (non-hydrogen) atoms. The Labute approximate surface area is 489 Å². The van der Waals surface area contributed by atoms with E-state index < -0.39 is 0 Å². The molecule has 374 valence electrons. The first kappa shape index (κ1) is 77.8. The van der Waals surface area contributed by atoms with E-state index >= 15 is 0 Å². The molecule has 5 aliphatic heterocycles. The predicted molar refractivity (Wildman–Crippen MR) is 326 cm³/mol. The van der Waals surface area contributed by atoms with Gasteiger partial charge in [0.1, 0.15) is 0 Å². The van der Waals surface area contributed by atoms with Gasteiger partial charge in [0.2, 0.25) is 10.2 Å². The van der Waals surface area contributed by atoms with Crippen LogP contribution in [0.5, 0.6) is 0 Å². The fraction of sp³-hybridized carbons (Fsp3) is 0.800. The molecule has 5 aliphatic rings. The first-order valence-corrected chi connectivity index (χ1v) is 35.6. The van der Waals surface area contributed by atoms with E-state index in [0.29, 0.717) is 32.7 Å². The van der Waals surface area contributed by atoms with Gasteiger partial charge in [-0.3, -0.25) is 19.2 Å². The third kappa shape index (κ3) is 57.8. The van der Waals surface area contributed by atoms with Gasteiger partial charge in [0.15, 0.2) is 11.6 Å². The summed E-state index contributed by atoms with van der Waals surface area (Å²) in [4.78, 5) is 43.3. The van der Waals surface area contributed by atoms with E-state index in [1.807, 2.05) is 94.1 Å². The number of Topliss-reactive ketones (excluding diaryl/α,β-unsaturated/α-hetero) is 2. The Morgan fingerprint density at radius 1 is 0.609 bits per heavy atom. The van der Waals surface area contributed by atoms with E-state index in [4.69, 9.17) is 33.4 Å². The van der Waals surface area contributed by atoms with Gasteiger partial charge in [-0.25, -0.2) is 0 Å². The van der Waals surface area contributed by atoms with Gasteiger partial charge in [0, 0.05) is 119 Å². The van der Waals surface area contributed by atoms with Crippen LogP contribution >= 0.6 is 202 Å². The molecule has 0 radical (unpaired) electrons. The average molecular weight is 1220 g/mol. The maximum absolute atomic E-state index is 11.4. The summed E-state index contributed by atoms with van der Waals surface area (Å²) in [5, 5.41) is 19.2. The van der Waals surface area contributed by atoms with Crippen LogP contribution in [0.2, 0.25) is 0 Å². The Morgan fingerprint density at radius 3 is 1.12 bits per heavy atom. The van der Waals surface area contributed by atoms with Crippen molar-refractivity contribution in [2.45, 2.75) is 43.1 Å². The van der Waals surface area contributed by atoms with Crippen LogP contribution in [0.1, 0.15) is 21.3 Å². The molecule has 0 atom stereocenters. The van der Waals surface area contributed by atoms with E-state index in [9.17, 15) is 19.2 Å². The molecule has 0 spiro atoms. The number of ketones is 2. The van der Waals surface area contributed by atoms with Gasteiger partial charge >= 0.3 is 29.6 Å². The van der Waals surface area contributed by atoms with Crippen molar-refractivity contribution in [1.82, 2.24) is 0 Å². The number of hydrogen-bond acceptors (Lipinski definition) is 21. The number of aliphatic hydroxyl groups is 1. The molecule has 6 nitrogen and oxygen atoms in total. The van der Waals surface area contributed by atoms with Crippen molar-refractivity contribution in [3.63, 3.8) is 0 Å². The molecular formula is C40H73Cl2NaO6S15. The average Bonchev–Trinajstić information content (AvgIpc) is 3.94. The number of aliphatic hydroxyl groups excluding tert-OH is 1. The second kappa shape index (κ2) is 60.5. The normalized spacial score (nSPS) is 18.4. The van der Waals surface area contributed by atoms with E-state index in [-0.39, 0.29) is 70.9 Å². The summed E-state index contributed by atoms with van der Waals surface area (Å²) in [5.74, 6) is 24.6. The van der Waals surface area contributed by atoms with Gasteiger partial charge in [-0.2, -0.15) is 163 Å². The molecule has 5 fully saturated rings. The van der Waals surface area contributed by atoms with Crippen LogP contribution in [0, 0.1) is 0 Å². The minimum Gasteiger partial charge on any atom is -0.857 e. The largest absolute Gasteiger partial charge is 1.00 e. The first-order chi connectivity index (χ1) is 29.8. The quantitative estimate of drug-likeness (QED) is 0.0876. The van der Waals surface area contributed by atoms with Gasteiger partial charge in [-0.05, 0) is 36.5 Å². The predicted octanol–water partition coefficient (Wildman–Crippen LogP) is 7.47. The van der Waals surface area contributed by atoms with Crippen molar-refractivity contribution < 1.29 is 58.9 Å². The number of thiol groups is 3. The summed E-state index contributed by atoms with van der Waals surface area (Å²) >= 11 is 44.1. The summed E-state index contributed by atoms with van der Waals surface area (Å²) < 4.78 is 0. The monoisotopic (exact) mass is 1220 g/mol. The maximum Gasteiger partial charge on any atom is 1.00 e. The molecule has 24 heteroatoms. The van der Waals surface area contributed by atoms with Crippen molar-refractivity contribution >= 4 is 224 Å². The molecule has 5 saturated heterocycles. The molecule has 0 aromatic heterocycles. The number of thioether (sulfide) groups is 12. The van der Waals surface area contributed by atoms with Gasteiger partial charge in [0.05, 0.1) is 29.4 Å². The Hall–Kier alpha value is 4.91. The zero-order chi connectivity index (χ0) is 47.2. The first-order valence-electron chi connectivity index (χ1n) is 19.4. The zero-order valence-electron chi connectivity index (χ0n) is 37.2. The van der Waals surface area contributed by atoms with Crippen LogP contribution in [-0.2, 0) is 19.2 Å². The maximum atomic E-state index is 11.4. The van der Waals surface area contributed by atoms with Crippen molar-refractivity contribution in [2.24, 2.45) is 0 Å². The van der Waals surface area contributed by atoms with E-state index in [0.717, 1.165) is 76.1 Å². The molecule has 0 aromatic carbocycles. The number of carbonyl (C=O) groups is 4. The minimum atomic E-state index is -0.127. The second-order valence-corrected chi connectivity index (χ2v) is 28.5. The van der Waals surface area contributed by atoms with Crippen LogP contribution in [0.4, 0.5) is 0 Å². The Kier molecular flexibility index (Phi) is 73.5. The summed E-state index contributed by atoms with van der Waals surface area (Å²) in [7, 11) is 0.750. The SMILES string of the molecule is C.C=C(C)C(=O)SC1CSCCSC1.C=C(C)C(=O)SC1CSCCSC1.C[O-].O=C(CCl)CCl.O=C1CSCCSC1.OC1CSCCSC1.SC1CSCCSC1.SCCS.[Na+]. The molecule has 0 saturated carbocycles. The number of halogens is 2. The molecule has 5 rings (SSSR count). The molecule has 0 aromatic rings. The Morgan fingerprint density at radius 2 is 0.875 bits per heavy atom. The van der Waals surface area contributed by atoms with Crippen LogP contribution < -0.4 is 34.7 Å². The molecule has 1 N–H and O–H groups in total. The van der Waals surface area contributed by atoms with Gasteiger partial charge in [-0.15, -0.1) is 23.2 Å². The van der Waals surface area contributed by atoms with Crippen LogP contribution in [0.3, 0.4) is 0 Å². The van der Waals surface area contributed by atoms with Crippen molar-refractivity contribution in [3.8, 4) is 0 Å². The third-order valence-corrected chi connectivity index (χ3v) is 24.4. The molecule has 5 heterocycles. The molecule has 0 bridgehead atoms. The molecule has 0 aliphatic carbocycles. The van der Waals surface area contributed by atoms with Gasteiger partial charge in [0.25, 0.3) is 0 Å². The Bertz CT molecular complexity index is 1030. The van der Waals surface area contributed by atoms with Crippen molar-refractivity contribution in [3.05, 3.63) is 24.3 Å². The Balaban J connectivity index is -0.000000215. The van der Waals surface area contributed by atoms with Gasteiger partial charge < -0.3 is 10.2 Å². The fourth-order valence-electron chi connectivity index (χ4n) is 3.61. The molecular weight excluding hydrogens is 1150 g/mol. The second-order valence-electron chi connectivity index (χ2n) is 12.4. The summed E-state index contributed by atoms with van der Waals surface area (Å²) in [6, 6.07) is 0. The minimum absolute atomic E-state index is 0. The number of alkyl halides is 2. The fourth-order valence-corrected chi connectivity index (χ4v) is 18.6. The number of hydrogen-bond donors (Lipinski definition) is 4. The van der Waals surface area contributed by atoms with Gasteiger partial charge in [-0.1, -0.05) is 44.1 Å².